The first-order valence-corrected chi connectivity index (χ1v) is 7.34. The summed E-state index contributed by atoms with van der Waals surface area (Å²) in [4.78, 5) is 15.1. The zero-order valence-electron chi connectivity index (χ0n) is 12.9. The van der Waals surface area contributed by atoms with Gasteiger partial charge in [-0.25, -0.2) is 9.37 Å². The molecule has 3 aromatic rings. The van der Waals surface area contributed by atoms with Gasteiger partial charge < -0.3 is 10.5 Å². The Morgan fingerprint density at radius 1 is 1.25 bits per heavy atom. The van der Waals surface area contributed by atoms with Crippen molar-refractivity contribution in [3.05, 3.63) is 54.1 Å². The molecule has 0 radical (unpaired) electrons. The van der Waals surface area contributed by atoms with Gasteiger partial charge in [0, 0.05) is 16.7 Å². The lowest BCUT2D eigenvalue weighted by Crippen LogP contribution is -2.12. The van der Waals surface area contributed by atoms with Crippen molar-refractivity contribution >= 4 is 5.91 Å². The molecule has 0 bridgehead atoms. The van der Waals surface area contributed by atoms with E-state index in [1.807, 2.05) is 19.1 Å². The molecular formula is C17H15FN4O2. The fourth-order valence-electron chi connectivity index (χ4n) is 2.34. The molecule has 0 unspecified atom stereocenters. The topological polar surface area (TPSA) is 93.9 Å². The number of halogens is 1. The number of H-pyrrole nitrogens is 1. The molecule has 1 amide bonds. The number of nitrogens with zero attached hydrogens (tertiary/aromatic N) is 2. The summed E-state index contributed by atoms with van der Waals surface area (Å²) in [6.45, 7) is 2.34. The predicted molar refractivity (Wildman–Crippen MR) is 86.9 cm³/mol. The normalized spacial score (nSPS) is 10.6. The van der Waals surface area contributed by atoms with Crippen LogP contribution in [0.3, 0.4) is 0 Å². The highest BCUT2D eigenvalue weighted by atomic mass is 19.1. The number of amides is 1. The molecule has 3 N–H and O–H groups in total. The van der Waals surface area contributed by atoms with Crippen LogP contribution in [0, 0.1) is 5.82 Å². The van der Waals surface area contributed by atoms with Gasteiger partial charge in [-0.15, -0.1) is 0 Å². The fourth-order valence-corrected chi connectivity index (χ4v) is 2.34. The number of primary amides is 1. The van der Waals surface area contributed by atoms with Gasteiger partial charge >= 0.3 is 0 Å². The van der Waals surface area contributed by atoms with Crippen molar-refractivity contribution in [2.24, 2.45) is 5.73 Å². The maximum atomic E-state index is 14.3. The minimum Gasteiger partial charge on any atom is -0.493 e. The van der Waals surface area contributed by atoms with E-state index in [-0.39, 0.29) is 11.6 Å². The number of nitrogens with two attached hydrogens (primary N) is 1. The number of aromatic amines is 1. The number of hydrogen-bond donors (Lipinski definition) is 2. The molecule has 6 nitrogen and oxygen atoms in total. The van der Waals surface area contributed by atoms with Gasteiger partial charge in [-0.3, -0.25) is 9.89 Å². The Bertz CT molecular complexity index is 892. The number of ether oxygens (including phenoxy) is 1. The van der Waals surface area contributed by atoms with E-state index in [1.165, 1.54) is 12.1 Å². The molecule has 0 atom stereocenters. The van der Waals surface area contributed by atoms with E-state index in [4.69, 9.17) is 10.5 Å². The molecule has 1 heterocycles. The molecule has 24 heavy (non-hydrogen) atoms. The number of nitrogens with one attached hydrogen (secondary N) is 1. The lowest BCUT2D eigenvalue weighted by atomic mass is 10.0. The average Bonchev–Trinajstić information content (AvgIpc) is 3.07. The number of hydrogen-bond acceptors (Lipinski definition) is 4. The van der Waals surface area contributed by atoms with E-state index >= 15 is 0 Å². The highest BCUT2D eigenvalue weighted by molar-refractivity contribution is 5.89. The summed E-state index contributed by atoms with van der Waals surface area (Å²) >= 11 is 0. The second-order valence-corrected chi connectivity index (χ2v) is 5.00. The molecule has 122 valence electrons. The third kappa shape index (κ3) is 2.96. The van der Waals surface area contributed by atoms with Crippen molar-refractivity contribution < 1.29 is 13.9 Å². The van der Waals surface area contributed by atoms with E-state index < -0.39 is 11.7 Å². The Hall–Kier alpha value is -3.22. The van der Waals surface area contributed by atoms with Gasteiger partial charge in [0.25, 0.3) is 5.91 Å². The molecule has 7 heteroatoms. The first kappa shape index (κ1) is 15.7. The monoisotopic (exact) mass is 326 g/mol. The zero-order chi connectivity index (χ0) is 17.1. The van der Waals surface area contributed by atoms with Crippen LogP contribution in [0.1, 0.15) is 17.5 Å². The largest absolute Gasteiger partial charge is 0.493 e. The number of aromatic nitrogens is 3. The Kier molecular flexibility index (Phi) is 4.24. The van der Waals surface area contributed by atoms with Crippen LogP contribution in [0.2, 0.25) is 0 Å². The molecule has 0 saturated carbocycles. The SMILES string of the molecule is CCOc1ccccc1-c1cc(-c2n[nH]c(C(N)=O)n2)ccc1F. The lowest BCUT2D eigenvalue weighted by molar-refractivity contribution is 0.0991. The third-order valence-corrected chi connectivity index (χ3v) is 3.42. The minimum atomic E-state index is -0.710. The van der Waals surface area contributed by atoms with E-state index in [0.29, 0.717) is 29.0 Å². The van der Waals surface area contributed by atoms with Crippen LogP contribution in [0.25, 0.3) is 22.5 Å². The summed E-state index contributed by atoms with van der Waals surface area (Å²) in [6, 6.07) is 11.7. The molecular weight excluding hydrogens is 311 g/mol. The van der Waals surface area contributed by atoms with Crippen molar-refractivity contribution in [3.63, 3.8) is 0 Å². The van der Waals surface area contributed by atoms with Gasteiger partial charge in [0.15, 0.2) is 5.82 Å². The Morgan fingerprint density at radius 3 is 2.75 bits per heavy atom. The molecule has 2 aromatic carbocycles. The summed E-state index contributed by atoms with van der Waals surface area (Å²) in [5.74, 6) is -0.303. The van der Waals surface area contributed by atoms with Gasteiger partial charge in [-0.2, -0.15) is 5.10 Å². The van der Waals surface area contributed by atoms with Gasteiger partial charge in [-0.1, -0.05) is 18.2 Å². The third-order valence-electron chi connectivity index (χ3n) is 3.42. The second kappa shape index (κ2) is 6.49. The first-order chi connectivity index (χ1) is 11.6. The molecule has 0 aliphatic heterocycles. The average molecular weight is 326 g/mol. The van der Waals surface area contributed by atoms with E-state index in [1.54, 1.807) is 18.2 Å². The molecule has 0 saturated heterocycles. The highest BCUT2D eigenvalue weighted by Gasteiger charge is 2.15. The van der Waals surface area contributed by atoms with Crippen LogP contribution >= 0.6 is 0 Å². The summed E-state index contributed by atoms with van der Waals surface area (Å²) in [5.41, 5.74) is 6.70. The first-order valence-electron chi connectivity index (χ1n) is 7.34. The lowest BCUT2D eigenvalue weighted by Gasteiger charge is -2.11. The quantitative estimate of drug-likeness (QED) is 0.754. The number of benzene rings is 2. The molecule has 0 spiro atoms. The van der Waals surface area contributed by atoms with Gasteiger partial charge in [0.1, 0.15) is 11.6 Å². The van der Waals surface area contributed by atoms with Crippen molar-refractivity contribution in [2.75, 3.05) is 6.61 Å². The van der Waals surface area contributed by atoms with Crippen LogP contribution in [0.5, 0.6) is 5.75 Å². The highest BCUT2D eigenvalue weighted by Crippen LogP contribution is 2.34. The smallest absolute Gasteiger partial charge is 0.286 e. The Balaban J connectivity index is 2.08. The number of carbonyl (C=O) groups is 1. The van der Waals surface area contributed by atoms with Crippen molar-refractivity contribution in [3.8, 4) is 28.3 Å². The van der Waals surface area contributed by atoms with Crippen LogP contribution in [0.4, 0.5) is 4.39 Å². The molecule has 0 fully saturated rings. The molecule has 1 aromatic heterocycles. The predicted octanol–water partition coefficient (Wildman–Crippen LogP) is 2.78. The van der Waals surface area contributed by atoms with Gasteiger partial charge in [-0.05, 0) is 31.2 Å². The van der Waals surface area contributed by atoms with Crippen LogP contribution in [-0.2, 0) is 0 Å². The summed E-state index contributed by atoms with van der Waals surface area (Å²) in [6.07, 6.45) is 0. The number of rotatable bonds is 5. The minimum absolute atomic E-state index is 0.0504. The summed E-state index contributed by atoms with van der Waals surface area (Å²) in [5, 5.41) is 6.40. The molecule has 0 aliphatic rings. The Morgan fingerprint density at radius 2 is 2.04 bits per heavy atom. The number of carbonyl (C=O) groups excluding carboxylic acids is 1. The Labute approximate surface area is 137 Å². The zero-order valence-corrected chi connectivity index (χ0v) is 12.9. The summed E-state index contributed by atoms with van der Waals surface area (Å²) in [7, 11) is 0. The van der Waals surface area contributed by atoms with E-state index in [0.717, 1.165) is 0 Å². The number of para-hydroxylation sites is 1. The van der Waals surface area contributed by atoms with Gasteiger partial charge in [0.2, 0.25) is 5.82 Å². The maximum absolute atomic E-state index is 14.3. The molecule has 3 rings (SSSR count). The fraction of sp³-hybridized carbons (Fsp3) is 0.118. The standard InChI is InChI=1S/C17H15FN4O2/c1-2-24-14-6-4-3-5-11(14)12-9-10(7-8-13(12)18)16-20-17(15(19)23)22-21-16/h3-9H,2H2,1H3,(H2,19,23)(H,20,21,22). The van der Waals surface area contributed by atoms with Gasteiger partial charge in [0.05, 0.1) is 6.61 Å². The van der Waals surface area contributed by atoms with E-state index in [2.05, 4.69) is 15.2 Å². The van der Waals surface area contributed by atoms with Crippen molar-refractivity contribution in [2.45, 2.75) is 6.92 Å². The van der Waals surface area contributed by atoms with Crippen molar-refractivity contribution in [1.29, 1.82) is 0 Å². The van der Waals surface area contributed by atoms with Crippen LogP contribution < -0.4 is 10.5 Å². The summed E-state index contributed by atoms with van der Waals surface area (Å²) < 4.78 is 19.9. The van der Waals surface area contributed by atoms with E-state index in [9.17, 15) is 9.18 Å². The molecule has 0 aliphatic carbocycles. The maximum Gasteiger partial charge on any atom is 0.286 e. The van der Waals surface area contributed by atoms with Crippen molar-refractivity contribution in [1.82, 2.24) is 15.2 Å². The van der Waals surface area contributed by atoms with Crippen LogP contribution in [-0.4, -0.2) is 27.7 Å². The second-order valence-electron chi connectivity index (χ2n) is 5.00. The van der Waals surface area contributed by atoms with Crippen LogP contribution in [0.15, 0.2) is 42.5 Å².